The minimum Gasteiger partial charge on any atom is -0.489 e. The number of amidine groups is 1. The lowest BCUT2D eigenvalue weighted by atomic mass is 10.1. The SMILES string of the molecule is O=C1NC(=Nc2ccc(Cl)cc2)SC1=Cc1cccc(OCc2cccc3ccccc23)c1. The van der Waals surface area contributed by atoms with Gasteiger partial charge in [0.2, 0.25) is 0 Å². The number of ether oxygens (including phenoxy) is 1. The zero-order valence-corrected chi connectivity index (χ0v) is 19.1. The first-order chi connectivity index (χ1) is 16.1. The van der Waals surface area contributed by atoms with Crippen molar-refractivity contribution < 1.29 is 9.53 Å². The molecule has 5 rings (SSSR count). The van der Waals surface area contributed by atoms with E-state index in [-0.39, 0.29) is 5.91 Å². The molecule has 0 atom stereocenters. The molecule has 4 aromatic rings. The second kappa shape index (κ2) is 9.53. The van der Waals surface area contributed by atoms with Crippen LogP contribution in [-0.4, -0.2) is 11.1 Å². The third-order valence-electron chi connectivity index (χ3n) is 5.14. The quantitative estimate of drug-likeness (QED) is 0.320. The van der Waals surface area contributed by atoms with E-state index in [1.54, 1.807) is 24.3 Å². The highest BCUT2D eigenvalue weighted by atomic mass is 35.5. The molecular formula is C27H19ClN2O2S. The molecule has 1 fully saturated rings. The molecule has 1 amide bonds. The van der Waals surface area contributed by atoms with E-state index in [1.165, 1.54) is 22.5 Å². The van der Waals surface area contributed by atoms with Crippen LogP contribution in [0, 0.1) is 0 Å². The van der Waals surface area contributed by atoms with Crippen LogP contribution in [0.4, 0.5) is 5.69 Å². The summed E-state index contributed by atoms with van der Waals surface area (Å²) in [6, 6.07) is 29.4. The Hall–Kier alpha value is -3.54. The first-order valence-electron chi connectivity index (χ1n) is 10.4. The van der Waals surface area contributed by atoms with Crippen LogP contribution in [-0.2, 0) is 11.4 Å². The predicted octanol–water partition coefficient (Wildman–Crippen LogP) is 6.96. The van der Waals surface area contributed by atoms with Crippen molar-refractivity contribution in [3.8, 4) is 5.75 Å². The van der Waals surface area contributed by atoms with Crippen LogP contribution in [0.1, 0.15) is 11.1 Å². The van der Waals surface area contributed by atoms with Gasteiger partial charge in [-0.3, -0.25) is 4.79 Å². The number of nitrogens with one attached hydrogen (secondary N) is 1. The lowest BCUT2D eigenvalue weighted by molar-refractivity contribution is -0.115. The molecule has 1 heterocycles. The summed E-state index contributed by atoms with van der Waals surface area (Å²) >= 11 is 7.22. The number of amides is 1. The third kappa shape index (κ3) is 5.11. The van der Waals surface area contributed by atoms with Crippen LogP contribution in [0.5, 0.6) is 5.75 Å². The minimum absolute atomic E-state index is 0.171. The summed E-state index contributed by atoms with van der Waals surface area (Å²) in [5.41, 5.74) is 2.74. The summed E-state index contributed by atoms with van der Waals surface area (Å²) in [4.78, 5) is 17.5. The first-order valence-corrected chi connectivity index (χ1v) is 11.6. The maximum absolute atomic E-state index is 12.4. The fraction of sp³-hybridized carbons (Fsp3) is 0.0370. The van der Waals surface area contributed by atoms with E-state index < -0.39 is 0 Å². The highest BCUT2D eigenvalue weighted by molar-refractivity contribution is 8.18. The van der Waals surface area contributed by atoms with Crippen LogP contribution >= 0.6 is 23.4 Å². The number of halogens is 1. The number of hydrogen-bond donors (Lipinski definition) is 1. The molecule has 4 nitrogen and oxygen atoms in total. The average Bonchev–Trinajstić information content (AvgIpc) is 3.17. The van der Waals surface area contributed by atoms with E-state index >= 15 is 0 Å². The predicted molar refractivity (Wildman–Crippen MR) is 137 cm³/mol. The molecule has 33 heavy (non-hydrogen) atoms. The Labute approximate surface area is 201 Å². The topological polar surface area (TPSA) is 50.7 Å². The Balaban J connectivity index is 1.30. The van der Waals surface area contributed by atoms with Gasteiger partial charge in [-0.05, 0) is 76.1 Å². The van der Waals surface area contributed by atoms with Crippen LogP contribution in [0.3, 0.4) is 0 Å². The van der Waals surface area contributed by atoms with Gasteiger partial charge in [-0.15, -0.1) is 0 Å². The van der Waals surface area contributed by atoms with Gasteiger partial charge >= 0.3 is 0 Å². The highest BCUT2D eigenvalue weighted by Gasteiger charge is 2.23. The molecule has 0 saturated carbocycles. The minimum atomic E-state index is -0.171. The lowest BCUT2D eigenvalue weighted by Gasteiger charge is -2.09. The smallest absolute Gasteiger partial charge is 0.264 e. The highest BCUT2D eigenvalue weighted by Crippen LogP contribution is 2.29. The van der Waals surface area contributed by atoms with Crippen molar-refractivity contribution in [2.24, 2.45) is 4.99 Å². The van der Waals surface area contributed by atoms with Crippen molar-refractivity contribution in [3.05, 3.63) is 112 Å². The normalized spacial score (nSPS) is 15.8. The standard InChI is InChI=1S/C27H19ClN2O2S/c28-21-11-13-22(14-12-21)29-27-30-26(31)25(33-27)16-18-5-3-9-23(15-18)32-17-20-8-4-7-19-6-1-2-10-24(19)20/h1-16H,17H2,(H,29,30,31). The maximum Gasteiger partial charge on any atom is 0.264 e. The number of nitrogens with zero attached hydrogens (tertiary/aromatic N) is 1. The molecule has 162 valence electrons. The summed E-state index contributed by atoms with van der Waals surface area (Å²) in [7, 11) is 0. The number of aliphatic imine (C=N–C) groups is 1. The Morgan fingerprint density at radius 3 is 2.61 bits per heavy atom. The molecular weight excluding hydrogens is 452 g/mol. The molecule has 1 aliphatic rings. The zero-order valence-electron chi connectivity index (χ0n) is 17.5. The third-order valence-corrected chi connectivity index (χ3v) is 6.30. The summed E-state index contributed by atoms with van der Waals surface area (Å²) in [5.74, 6) is 0.575. The van der Waals surface area contributed by atoms with Crippen molar-refractivity contribution in [1.29, 1.82) is 0 Å². The Morgan fingerprint density at radius 2 is 1.73 bits per heavy atom. The maximum atomic E-state index is 12.4. The van der Waals surface area contributed by atoms with Gasteiger partial charge < -0.3 is 10.1 Å². The molecule has 4 aromatic carbocycles. The van der Waals surface area contributed by atoms with E-state index in [2.05, 4.69) is 34.6 Å². The van der Waals surface area contributed by atoms with E-state index in [0.717, 1.165) is 22.6 Å². The van der Waals surface area contributed by atoms with Gasteiger partial charge in [-0.1, -0.05) is 66.2 Å². The summed E-state index contributed by atoms with van der Waals surface area (Å²) in [6.07, 6.45) is 1.84. The average molecular weight is 471 g/mol. The van der Waals surface area contributed by atoms with Gasteiger partial charge in [0.05, 0.1) is 10.6 Å². The number of thioether (sulfide) groups is 1. The van der Waals surface area contributed by atoms with E-state index in [1.807, 2.05) is 48.5 Å². The van der Waals surface area contributed by atoms with Crippen LogP contribution in [0.2, 0.25) is 5.02 Å². The van der Waals surface area contributed by atoms with Crippen LogP contribution in [0.25, 0.3) is 16.8 Å². The van der Waals surface area contributed by atoms with Crippen LogP contribution < -0.4 is 10.1 Å². The second-order valence-electron chi connectivity index (χ2n) is 7.46. The molecule has 0 spiro atoms. The van der Waals surface area contributed by atoms with Crippen molar-refractivity contribution in [2.75, 3.05) is 0 Å². The number of carbonyl (C=O) groups excluding carboxylic acids is 1. The molecule has 0 radical (unpaired) electrons. The Bertz CT molecular complexity index is 1390. The van der Waals surface area contributed by atoms with Gasteiger partial charge in [0.15, 0.2) is 5.17 Å². The van der Waals surface area contributed by atoms with Gasteiger partial charge in [0.1, 0.15) is 12.4 Å². The fourth-order valence-electron chi connectivity index (χ4n) is 3.54. The Morgan fingerprint density at radius 1 is 0.939 bits per heavy atom. The van der Waals surface area contributed by atoms with Crippen LogP contribution in [0.15, 0.2) is 101 Å². The largest absolute Gasteiger partial charge is 0.489 e. The molecule has 0 bridgehead atoms. The van der Waals surface area contributed by atoms with E-state index in [9.17, 15) is 4.79 Å². The fourth-order valence-corrected chi connectivity index (χ4v) is 4.51. The van der Waals surface area contributed by atoms with Gasteiger partial charge in [-0.25, -0.2) is 4.99 Å². The number of rotatable bonds is 5. The number of carbonyl (C=O) groups is 1. The summed E-state index contributed by atoms with van der Waals surface area (Å²) in [5, 5.41) is 6.37. The molecule has 0 aromatic heterocycles. The Kier molecular flexibility index (Phi) is 6.15. The second-order valence-corrected chi connectivity index (χ2v) is 8.92. The molecule has 1 N–H and O–H groups in total. The van der Waals surface area contributed by atoms with E-state index in [0.29, 0.717) is 21.7 Å². The van der Waals surface area contributed by atoms with Gasteiger partial charge in [0, 0.05) is 5.02 Å². The van der Waals surface area contributed by atoms with Gasteiger partial charge in [-0.2, -0.15) is 0 Å². The molecule has 1 saturated heterocycles. The number of benzene rings is 4. The van der Waals surface area contributed by atoms with E-state index in [4.69, 9.17) is 16.3 Å². The molecule has 0 unspecified atom stereocenters. The van der Waals surface area contributed by atoms with Crippen molar-refractivity contribution in [3.63, 3.8) is 0 Å². The summed E-state index contributed by atoms with van der Waals surface area (Å²) in [6.45, 7) is 0.467. The van der Waals surface area contributed by atoms with Crippen molar-refractivity contribution in [2.45, 2.75) is 6.61 Å². The van der Waals surface area contributed by atoms with Gasteiger partial charge in [0.25, 0.3) is 5.91 Å². The van der Waals surface area contributed by atoms with Crippen molar-refractivity contribution in [1.82, 2.24) is 5.32 Å². The van der Waals surface area contributed by atoms with Crippen molar-refractivity contribution >= 4 is 57.0 Å². The molecule has 1 aliphatic heterocycles. The number of hydrogen-bond acceptors (Lipinski definition) is 4. The summed E-state index contributed by atoms with van der Waals surface area (Å²) < 4.78 is 6.07. The number of fused-ring (bicyclic) bond motifs is 1. The molecule has 0 aliphatic carbocycles. The zero-order chi connectivity index (χ0) is 22.6. The monoisotopic (exact) mass is 470 g/mol. The first kappa shape index (κ1) is 21.3. The lowest BCUT2D eigenvalue weighted by Crippen LogP contribution is -2.19. The molecule has 6 heteroatoms.